The highest BCUT2D eigenvalue weighted by Crippen LogP contribution is 2.24. The van der Waals surface area contributed by atoms with Crippen LogP contribution in [0.1, 0.15) is 25.7 Å². The van der Waals surface area contributed by atoms with Crippen molar-refractivity contribution < 1.29 is 9.59 Å². The molecule has 2 aromatic heterocycles. The van der Waals surface area contributed by atoms with Gasteiger partial charge in [-0.15, -0.1) is 16.4 Å². The van der Waals surface area contributed by atoms with E-state index in [1.54, 1.807) is 18.4 Å². The average Bonchev–Trinajstić information content (AvgIpc) is 2.86. The third kappa shape index (κ3) is 2.32. The normalized spacial score (nSPS) is 10.2. The molecular formula is C9H8N4O2S2. The zero-order valence-corrected chi connectivity index (χ0v) is 10.4. The van der Waals surface area contributed by atoms with Gasteiger partial charge >= 0.3 is 0 Å². The van der Waals surface area contributed by atoms with Crippen molar-refractivity contribution in [2.75, 3.05) is 5.32 Å². The summed E-state index contributed by atoms with van der Waals surface area (Å²) in [6.45, 7) is 1.70. The number of nitrogens with one attached hydrogen (secondary N) is 1. The molecule has 0 radical (unpaired) electrons. The van der Waals surface area contributed by atoms with E-state index in [9.17, 15) is 9.59 Å². The quantitative estimate of drug-likeness (QED) is 0.875. The molecule has 2 heterocycles. The summed E-state index contributed by atoms with van der Waals surface area (Å²) >= 11 is 2.25. The summed E-state index contributed by atoms with van der Waals surface area (Å²) < 4.78 is 3.67. The van der Waals surface area contributed by atoms with E-state index in [4.69, 9.17) is 5.73 Å². The molecule has 0 saturated heterocycles. The van der Waals surface area contributed by atoms with Crippen LogP contribution in [0, 0.1) is 6.92 Å². The lowest BCUT2D eigenvalue weighted by Gasteiger charge is -2.02. The van der Waals surface area contributed by atoms with Gasteiger partial charge in [0.05, 0.1) is 11.3 Å². The molecule has 0 aromatic carbocycles. The van der Waals surface area contributed by atoms with Crippen LogP contribution in [0.4, 0.5) is 5.00 Å². The molecule has 2 aromatic rings. The lowest BCUT2D eigenvalue weighted by molar-refractivity contribution is 0.100. The zero-order chi connectivity index (χ0) is 12.4. The van der Waals surface area contributed by atoms with Gasteiger partial charge in [0.25, 0.3) is 11.8 Å². The van der Waals surface area contributed by atoms with Crippen molar-refractivity contribution >= 4 is 39.7 Å². The van der Waals surface area contributed by atoms with Gasteiger partial charge in [0.2, 0.25) is 0 Å². The molecule has 2 rings (SSSR count). The number of nitrogens with two attached hydrogens (primary N) is 1. The molecular weight excluding hydrogens is 260 g/mol. The number of anilines is 1. The van der Waals surface area contributed by atoms with Crippen molar-refractivity contribution in [3.8, 4) is 0 Å². The number of hydrogen-bond donors (Lipinski definition) is 2. The molecule has 0 aliphatic carbocycles. The Morgan fingerprint density at radius 2 is 2.24 bits per heavy atom. The van der Waals surface area contributed by atoms with Gasteiger partial charge in [-0.3, -0.25) is 9.59 Å². The van der Waals surface area contributed by atoms with Gasteiger partial charge in [-0.05, 0) is 29.9 Å². The van der Waals surface area contributed by atoms with E-state index >= 15 is 0 Å². The Hall–Kier alpha value is -1.80. The molecule has 0 fully saturated rings. The maximum absolute atomic E-state index is 11.8. The van der Waals surface area contributed by atoms with Crippen molar-refractivity contribution in [3.05, 3.63) is 27.6 Å². The van der Waals surface area contributed by atoms with Gasteiger partial charge in [-0.1, -0.05) is 4.49 Å². The first-order chi connectivity index (χ1) is 8.09. The van der Waals surface area contributed by atoms with Crippen LogP contribution in [0.15, 0.2) is 11.4 Å². The van der Waals surface area contributed by atoms with Gasteiger partial charge in [-0.2, -0.15) is 0 Å². The standard InChI is InChI=1S/C9H8N4O2S2/c1-4-6(17-13-12-4)8(15)11-9-5(7(10)14)2-3-16-9/h2-3H,1H3,(H2,10,14)(H,11,15). The predicted molar refractivity (Wildman–Crippen MR) is 65.4 cm³/mol. The second kappa shape index (κ2) is 4.60. The Balaban J connectivity index is 2.22. The molecule has 8 heteroatoms. The Morgan fingerprint density at radius 3 is 2.82 bits per heavy atom. The summed E-state index contributed by atoms with van der Waals surface area (Å²) in [6, 6.07) is 1.57. The molecule has 0 bridgehead atoms. The summed E-state index contributed by atoms with van der Waals surface area (Å²) in [6.07, 6.45) is 0. The summed E-state index contributed by atoms with van der Waals surface area (Å²) in [5.74, 6) is -0.900. The van der Waals surface area contributed by atoms with Gasteiger partial charge in [0, 0.05) is 0 Å². The molecule has 0 aliphatic heterocycles. The number of carbonyl (C=O) groups is 2. The minimum Gasteiger partial charge on any atom is -0.366 e. The third-order valence-electron chi connectivity index (χ3n) is 2.02. The van der Waals surface area contributed by atoms with E-state index in [0.717, 1.165) is 11.5 Å². The molecule has 0 unspecified atom stereocenters. The minimum atomic E-state index is -0.569. The van der Waals surface area contributed by atoms with Gasteiger partial charge < -0.3 is 11.1 Å². The molecule has 0 saturated carbocycles. The largest absolute Gasteiger partial charge is 0.366 e. The Labute approximate surface area is 105 Å². The number of hydrogen-bond acceptors (Lipinski definition) is 6. The highest BCUT2D eigenvalue weighted by atomic mass is 32.1. The van der Waals surface area contributed by atoms with Gasteiger partial charge in [0.1, 0.15) is 9.88 Å². The fraction of sp³-hybridized carbons (Fsp3) is 0.111. The van der Waals surface area contributed by atoms with E-state index in [1.165, 1.54) is 11.3 Å². The van der Waals surface area contributed by atoms with Crippen LogP contribution in [0.25, 0.3) is 0 Å². The van der Waals surface area contributed by atoms with Crippen LogP contribution in [0.3, 0.4) is 0 Å². The molecule has 88 valence electrons. The maximum atomic E-state index is 11.8. The van der Waals surface area contributed by atoms with Crippen molar-refractivity contribution in [1.82, 2.24) is 9.59 Å². The first-order valence-electron chi connectivity index (χ1n) is 4.57. The number of primary amides is 1. The summed E-state index contributed by atoms with van der Waals surface area (Å²) in [7, 11) is 0. The monoisotopic (exact) mass is 268 g/mol. The zero-order valence-electron chi connectivity index (χ0n) is 8.76. The third-order valence-corrected chi connectivity index (χ3v) is 3.67. The second-order valence-electron chi connectivity index (χ2n) is 3.17. The molecule has 6 nitrogen and oxygen atoms in total. The average molecular weight is 268 g/mol. The first kappa shape index (κ1) is 11.7. The first-order valence-corrected chi connectivity index (χ1v) is 6.22. The second-order valence-corrected chi connectivity index (χ2v) is 4.84. The number of thiophene rings is 1. The van der Waals surface area contributed by atoms with Crippen LogP contribution in [-0.2, 0) is 0 Å². The van der Waals surface area contributed by atoms with Crippen LogP contribution >= 0.6 is 22.9 Å². The van der Waals surface area contributed by atoms with Crippen LogP contribution < -0.4 is 11.1 Å². The fourth-order valence-electron chi connectivity index (χ4n) is 1.20. The number of aromatic nitrogens is 2. The molecule has 0 spiro atoms. The number of nitrogens with zero attached hydrogens (tertiary/aromatic N) is 2. The van der Waals surface area contributed by atoms with Crippen LogP contribution in [-0.4, -0.2) is 21.4 Å². The maximum Gasteiger partial charge on any atom is 0.269 e. The summed E-state index contributed by atoms with van der Waals surface area (Å²) in [5, 5.41) is 8.50. The van der Waals surface area contributed by atoms with E-state index in [0.29, 0.717) is 21.1 Å². The fourth-order valence-corrected chi connectivity index (χ4v) is 2.54. The topological polar surface area (TPSA) is 98.0 Å². The summed E-state index contributed by atoms with van der Waals surface area (Å²) in [4.78, 5) is 23.3. The van der Waals surface area contributed by atoms with Crippen molar-refractivity contribution in [3.63, 3.8) is 0 Å². The number of rotatable bonds is 3. The van der Waals surface area contributed by atoms with E-state index < -0.39 is 5.91 Å². The number of amides is 2. The van der Waals surface area contributed by atoms with E-state index in [-0.39, 0.29) is 5.91 Å². The van der Waals surface area contributed by atoms with Crippen molar-refractivity contribution in [1.29, 1.82) is 0 Å². The van der Waals surface area contributed by atoms with Gasteiger partial charge in [-0.25, -0.2) is 0 Å². The summed E-state index contributed by atoms with van der Waals surface area (Å²) in [5.41, 5.74) is 6.04. The van der Waals surface area contributed by atoms with E-state index in [2.05, 4.69) is 14.9 Å². The Kier molecular flexibility index (Phi) is 3.16. The lowest BCUT2D eigenvalue weighted by Crippen LogP contribution is -2.16. The molecule has 17 heavy (non-hydrogen) atoms. The smallest absolute Gasteiger partial charge is 0.269 e. The van der Waals surface area contributed by atoms with Crippen molar-refractivity contribution in [2.45, 2.75) is 6.92 Å². The SMILES string of the molecule is Cc1nnsc1C(=O)Nc1sccc1C(N)=O. The predicted octanol–water partition coefficient (Wildman–Crippen LogP) is 1.26. The van der Waals surface area contributed by atoms with Gasteiger partial charge in [0.15, 0.2) is 0 Å². The van der Waals surface area contributed by atoms with E-state index in [1.807, 2.05) is 0 Å². The van der Waals surface area contributed by atoms with Crippen molar-refractivity contribution in [2.24, 2.45) is 5.73 Å². The Morgan fingerprint density at radius 1 is 1.47 bits per heavy atom. The molecule has 3 N–H and O–H groups in total. The number of aryl methyl sites for hydroxylation is 1. The lowest BCUT2D eigenvalue weighted by atomic mass is 10.3. The minimum absolute atomic E-state index is 0.304. The van der Waals surface area contributed by atoms with Crippen LogP contribution in [0.5, 0.6) is 0 Å². The molecule has 2 amide bonds. The molecule has 0 aliphatic rings. The Bertz CT molecular complexity index is 575. The van der Waals surface area contributed by atoms with Crippen LogP contribution in [0.2, 0.25) is 0 Å². The highest BCUT2D eigenvalue weighted by molar-refractivity contribution is 7.15. The number of carbonyl (C=O) groups excluding carboxylic acids is 2. The molecule has 0 atom stereocenters. The highest BCUT2D eigenvalue weighted by Gasteiger charge is 2.17.